The molecule has 0 bridgehead atoms. The number of hydrogen-bond donors (Lipinski definition) is 1. The van der Waals surface area contributed by atoms with Crippen LogP contribution in [-0.4, -0.2) is 39.4 Å². The Morgan fingerprint density at radius 2 is 1.90 bits per heavy atom. The van der Waals surface area contributed by atoms with Crippen LogP contribution in [0.1, 0.15) is 40.5 Å². The first kappa shape index (κ1) is 20.7. The summed E-state index contributed by atoms with van der Waals surface area (Å²) in [6, 6.07) is 9.60. The Hall–Kier alpha value is -3.00. The number of nitrogens with zero attached hydrogens (tertiary/aromatic N) is 2. The highest BCUT2D eigenvalue weighted by Crippen LogP contribution is 2.27. The molecule has 0 atom stereocenters. The van der Waals surface area contributed by atoms with Crippen molar-refractivity contribution < 1.29 is 14.3 Å². The monoisotopic (exact) mass is 413 g/mol. The van der Waals surface area contributed by atoms with Crippen molar-refractivity contribution in [3.63, 3.8) is 0 Å². The number of nitrogens with one attached hydrogen (secondary N) is 1. The quantitative estimate of drug-likeness (QED) is 0.627. The Kier molecular flexibility index (Phi) is 6.12. The van der Waals surface area contributed by atoms with E-state index >= 15 is 0 Å². The number of aryl methyl sites for hydroxylation is 2. The molecule has 2 heterocycles. The van der Waals surface area contributed by atoms with Gasteiger partial charge in [0.25, 0.3) is 11.5 Å². The molecule has 1 amide bonds. The number of H-pyrrole nitrogens is 1. The number of ether oxygens (including phenoxy) is 1. The first-order valence-electron chi connectivity index (χ1n) is 9.28. The Morgan fingerprint density at radius 1 is 1.21 bits per heavy atom. The van der Waals surface area contributed by atoms with Gasteiger partial charge >= 0.3 is 5.97 Å². The molecule has 0 aliphatic heterocycles. The predicted octanol–water partition coefficient (Wildman–Crippen LogP) is 3.20. The number of fused-ring (bicyclic) bond motifs is 1. The van der Waals surface area contributed by atoms with Crippen LogP contribution in [-0.2, 0) is 16.1 Å². The van der Waals surface area contributed by atoms with Crippen LogP contribution < -0.4 is 5.56 Å². The Labute approximate surface area is 172 Å². The third-order valence-corrected chi connectivity index (χ3v) is 5.74. The minimum absolute atomic E-state index is 0.0433. The van der Waals surface area contributed by atoms with Crippen LogP contribution in [0.25, 0.3) is 10.2 Å². The van der Waals surface area contributed by atoms with Gasteiger partial charge < -0.3 is 14.6 Å². The fourth-order valence-corrected chi connectivity index (χ4v) is 4.18. The summed E-state index contributed by atoms with van der Waals surface area (Å²) < 4.78 is 5.28. The Balaban J connectivity index is 1.73. The second kappa shape index (κ2) is 8.57. The highest BCUT2D eigenvalue weighted by atomic mass is 32.1. The van der Waals surface area contributed by atoms with Gasteiger partial charge in [-0.15, -0.1) is 11.3 Å². The molecule has 0 fully saturated rings. The molecule has 2 aromatic heterocycles. The average Bonchev–Trinajstić information content (AvgIpc) is 3.01. The lowest BCUT2D eigenvalue weighted by molar-refractivity contribution is -0.136. The number of aromatic amines is 1. The van der Waals surface area contributed by atoms with E-state index < -0.39 is 5.97 Å². The van der Waals surface area contributed by atoms with E-state index in [9.17, 15) is 14.4 Å². The normalized spacial score (nSPS) is 11.1. The molecule has 1 aromatic carbocycles. The van der Waals surface area contributed by atoms with Crippen molar-refractivity contribution in [1.29, 1.82) is 0 Å². The van der Waals surface area contributed by atoms with E-state index in [4.69, 9.17) is 4.74 Å². The molecule has 0 radical (unpaired) electrons. The van der Waals surface area contributed by atoms with Gasteiger partial charge in [0.1, 0.15) is 15.5 Å². The van der Waals surface area contributed by atoms with Crippen LogP contribution >= 0.6 is 11.3 Å². The van der Waals surface area contributed by atoms with Crippen LogP contribution in [0, 0.1) is 13.8 Å². The molecule has 0 unspecified atom stereocenters. The van der Waals surface area contributed by atoms with Gasteiger partial charge in [-0.05, 0) is 38.8 Å². The number of aromatic nitrogens is 2. The second-order valence-electron chi connectivity index (χ2n) is 7.06. The summed E-state index contributed by atoms with van der Waals surface area (Å²) in [5.41, 5.74) is 1.23. The summed E-state index contributed by atoms with van der Waals surface area (Å²) in [5, 5.41) is 0.381. The number of hydrogen-bond acceptors (Lipinski definition) is 6. The standard InChI is InChI=1S/C21H23N3O4S/c1-12(2)24(10-15-8-6-5-7-9-15)16(25)11-28-21(27)18-13(3)17-19(26)22-14(4)23-20(17)29-18/h5-9,12H,10-11H2,1-4H3,(H,22,23,26). The molecule has 0 saturated heterocycles. The SMILES string of the molecule is Cc1nc2sc(C(=O)OCC(=O)N(Cc3ccccc3)C(C)C)c(C)c2c(=O)[nH]1. The minimum atomic E-state index is -0.626. The molecule has 0 aliphatic rings. The lowest BCUT2D eigenvalue weighted by Crippen LogP contribution is -2.39. The van der Waals surface area contributed by atoms with Crippen molar-refractivity contribution in [3.8, 4) is 0 Å². The number of amides is 1. The van der Waals surface area contributed by atoms with Crippen LogP contribution in [0.3, 0.4) is 0 Å². The molecule has 0 saturated carbocycles. The molecule has 7 nitrogen and oxygen atoms in total. The third-order valence-electron chi connectivity index (χ3n) is 4.57. The van der Waals surface area contributed by atoms with Gasteiger partial charge in [-0.1, -0.05) is 30.3 Å². The van der Waals surface area contributed by atoms with Crippen LogP contribution in [0.5, 0.6) is 0 Å². The lowest BCUT2D eigenvalue weighted by Gasteiger charge is -2.26. The number of thiophene rings is 1. The van der Waals surface area contributed by atoms with Crippen molar-refractivity contribution >= 4 is 33.4 Å². The maximum Gasteiger partial charge on any atom is 0.349 e. The maximum absolute atomic E-state index is 12.7. The van der Waals surface area contributed by atoms with Gasteiger partial charge in [-0.2, -0.15) is 0 Å². The van der Waals surface area contributed by atoms with E-state index in [1.54, 1.807) is 18.7 Å². The topological polar surface area (TPSA) is 92.4 Å². The minimum Gasteiger partial charge on any atom is -0.451 e. The zero-order valence-electron chi connectivity index (χ0n) is 16.8. The summed E-state index contributed by atoms with van der Waals surface area (Å²) in [5.74, 6) is -0.422. The van der Waals surface area contributed by atoms with E-state index in [-0.39, 0.29) is 29.0 Å². The number of esters is 1. The fraction of sp³-hybridized carbons (Fsp3) is 0.333. The first-order chi connectivity index (χ1) is 13.8. The van der Waals surface area contributed by atoms with Gasteiger partial charge in [0.15, 0.2) is 6.61 Å². The van der Waals surface area contributed by atoms with E-state index in [2.05, 4.69) is 9.97 Å². The highest BCUT2D eigenvalue weighted by molar-refractivity contribution is 7.20. The van der Waals surface area contributed by atoms with E-state index in [0.29, 0.717) is 28.1 Å². The molecule has 152 valence electrons. The lowest BCUT2D eigenvalue weighted by atomic mass is 10.2. The molecule has 0 spiro atoms. The second-order valence-corrected chi connectivity index (χ2v) is 8.06. The predicted molar refractivity (Wildman–Crippen MR) is 112 cm³/mol. The largest absolute Gasteiger partial charge is 0.451 e. The molecule has 3 rings (SSSR count). The Bertz CT molecular complexity index is 1100. The third kappa shape index (κ3) is 4.54. The fourth-order valence-electron chi connectivity index (χ4n) is 3.06. The summed E-state index contributed by atoms with van der Waals surface area (Å²) in [7, 11) is 0. The van der Waals surface area contributed by atoms with Crippen LogP contribution in [0.2, 0.25) is 0 Å². The van der Waals surface area contributed by atoms with Crippen LogP contribution in [0.15, 0.2) is 35.1 Å². The zero-order valence-corrected chi connectivity index (χ0v) is 17.6. The molecular weight excluding hydrogens is 390 g/mol. The first-order valence-corrected chi connectivity index (χ1v) is 10.1. The average molecular weight is 413 g/mol. The molecule has 8 heteroatoms. The van der Waals surface area contributed by atoms with E-state index in [1.807, 2.05) is 44.2 Å². The van der Waals surface area contributed by atoms with E-state index in [0.717, 1.165) is 16.9 Å². The van der Waals surface area contributed by atoms with Crippen molar-refractivity contribution in [3.05, 3.63) is 62.5 Å². The van der Waals surface area contributed by atoms with Gasteiger partial charge in [-0.3, -0.25) is 9.59 Å². The molecule has 1 N–H and O–H groups in total. The van der Waals surface area contributed by atoms with Gasteiger partial charge in [0.05, 0.1) is 5.39 Å². The number of carbonyl (C=O) groups is 2. The summed E-state index contributed by atoms with van der Waals surface area (Å²) >= 11 is 1.10. The smallest absolute Gasteiger partial charge is 0.349 e. The van der Waals surface area contributed by atoms with Crippen molar-refractivity contribution in [2.24, 2.45) is 0 Å². The Morgan fingerprint density at radius 3 is 2.55 bits per heavy atom. The maximum atomic E-state index is 12.7. The van der Waals surface area contributed by atoms with Crippen molar-refractivity contribution in [1.82, 2.24) is 14.9 Å². The number of rotatable bonds is 6. The zero-order chi connectivity index (χ0) is 21.1. The number of carbonyl (C=O) groups excluding carboxylic acids is 2. The summed E-state index contributed by atoms with van der Waals surface area (Å²) in [6.07, 6.45) is 0. The highest BCUT2D eigenvalue weighted by Gasteiger charge is 2.23. The van der Waals surface area contributed by atoms with Gasteiger partial charge in [0, 0.05) is 12.6 Å². The summed E-state index contributed by atoms with van der Waals surface area (Å²) in [4.78, 5) is 46.7. The van der Waals surface area contributed by atoms with Crippen molar-refractivity contribution in [2.75, 3.05) is 6.61 Å². The van der Waals surface area contributed by atoms with Crippen molar-refractivity contribution in [2.45, 2.75) is 40.3 Å². The van der Waals surface area contributed by atoms with Crippen LogP contribution in [0.4, 0.5) is 0 Å². The number of benzene rings is 1. The molecule has 3 aromatic rings. The van der Waals surface area contributed by atoms with E-state index in [1.165, 1.54) is 0 Å². The van der Waals surface area contributed by atoms with Gasteiger partial charge in [-0.25, -0.2) is 9.78 Å². The molecule has 29 heavy (non-hydrogen) atoms. The molecular formula is C21H23N3O4S. The summed E-state index contributed by atoms with van der Waals surface area (Å²) in [6.45, 7) is 7.27. The van der Waals surface area contributed by atoms with Gasteiger partial charge in [0.2, 0.25) is 0 Å². The molecule has 0 aliphatic carbocycles.